The first-order chi connectivity index (χ1) is 13.5. The number of benzene rings is 1. The number of nitrogens with one attached hydrogen (secondary N) is 1. The minimum Gasteiger partial charge on any atom is -0.396 e. The summed E-state index contributed by atoms with van der Waals surface area (Å²) in [5, 5.41) is 34.0. The van der Waals surface area contributed by atoms with E-state index in [-0.39, 0.29) is 18.6 Å². The van der Waals surface area contributed by atoms with Crippen molar-refractivity contribution in [3.63, 3.8) is 0 Å². The molecule has 0 radical (unpaired) electrons. The molecule has 0 saturated heterocycles. The van der Waals surface area contributed by atoms with Crippen molar-refractivity contribution in [2.75, 3.05) is 11.9 Å². The van der Waals surface area contributed by atoms with Gasteiger partial charge >= 0.3 is 0 Å². The standard InChI is InChI=1S/C19H20IN5O3/c20-11-3-1-2-10(4-11)6-21-17-13-18(23-8-22-17)25(9-24-13)14-12-5-19(12,7-26)16(28)15(14)27/h1-4,8-9,12,14-16,26-28H,5-7H2,(H,21,22,23). The van der Waals surface area contributed by atoms with Gasteiger partial charge in [0.1, 0.15) is 17.9 Å². The van der Waals surface area contributed by atoms with Gasteiger partial charge in [-0.2, -0.15) is 0 Å². The molecule has 2 heterocycles. The van der Waals surface area contributed by atoms with Crippen LogP contribution in [0.5, 0.6) is 0 Å². The zero-order valence-electron chi connectivity index (χ0n) is 14.9. The molecule has 9 heteroatoms. The van der Waals surface area contributed by atoms with Gasteiger partial charge in [0.2, 0.25) is 0 Å². The van der Waals surface area contributed by atoms with Crippen LogP contribution < -0.4 is 5.32 Å². The molecule has 5 rings (SSSR count). The van der Waals surface area contributed by atoms with Crippen molar-refractivity contribution in [3.05, 3.63) is 46.1 Å². The number of hydrogen-bond acceptors (Lipinski definition) is 7. The smallest absolute Gasteiger partial charge is 0.165 e. The molecule has 2 saturated carbocycles. The molecule has 0 aliphatic heterocycles. The van der Waals surface area contributed by atoms with Crippen LogP contribution in [0.1, 0.15) is 18.0 Å². The molecule has 2 fully saturated rings. The first kappa shape index (κ1) is 18.2. The highest BCUT2D eigenvalue weighted by molar-refractivity contribution is 14.1. The summed E-state index contributed by atoms with van der Waals surface area (Å²) in [6, 6.07) is 7.84. The minimum absolute atomic E-state index is 0.0117. The van der Waals surface area contributed by atoms with Crippen LogP contribution in [0.2, 0.25) is 0 Å². The third-order valence-electron chi connectivity index (χ3n) is 6.18. The van der Waals surface area contributed by atoms with E-state index in [1.807, 2.05) is 22.8 Å². The van der Waals surface area contributed by atoms with Crippen LogP contribution in [0.3, 0.4) is 0 Å². The average Bonchev–Trinajstić information content (AvgIpc) is 3.21. The molecule has 4 N–H and O–H groups in total. The van der Waals surface area contributed by atoms with Crippen molar-refractivity contribution < 1.29 is 15.3 Å². The number of anilines is 1. The number of fused-ring (bicyclic) bond motifs is 2. The second kappa shape index (κ2) is 6.61. The number of aromatic nitrogens is 4. The maximum atomic E-state index is 10.6. The maximum Gasteiger partial charge on any atom is 0.165 e. The van der Waals surface area contributed by atoms with E-state index in [1.165, 1.54) is 9.90 Å². The van der Waals surface area contributed by atoms with Crippen molar-refractivity contribution in [1.82, 2.24) is 19.5 Å². The van der Waals surface area contributed by atoms with Gasteiger partial charge in [-0.1, -0.05) is 12.1 Å². The summed E-state index contributed by atoms with van der Waals surface area (Å²) in [5.74, 6) is 0.637. The molecular weight excluding hydrogens is 473 g/mol. The van der Waals surface area contributed by atoms with Crippen molar-refractivity contribution in [2.45, 2.75) is 31.2 Å². The van der Waals surface area contributed by atoms with E-state index >= 15 is 0 Å². The SMILES string of the molecule is OCC12CC1C(n1cnc3c(NCc4cccc(I)c4)ncnc31)C(O)C2O. The molecule has 5 atom stereocenters. The Hall–Kier alpha value is -1.82. The van der Waals surface area contributed by atoms with Crippen molar-refractivity contribution in [1.29, 1.82) is 0 Å². The minimum atomic E-state index is -0.957. The molecule has 2 aliphatic rings. The number of nitrogens with zero attached hydrogens (tertiary/aromatic N) is 4. The summed E-state index contributed by atoms with van der Waals surface area (Å²) in [6.45, 7) is 0.480. The van der Waals surface area contributed by atoms with E-state index in [0.29, 0.717) is 29.9 Å². The third kappa shape index (κ3) is 2.64. The summed E-state index contributed by atoms with van der Waals surface area (Å²) in [5.41, 5.74) is 1.77. The first-order valence-corrected chi connectivity index (χ1v) is 10.3. The first-order valence-electron chi connectivity index (χ1n) is 9.18. The highest BCUT2D eigenvalue weighted by Crippen LogP contribution is 2.67. The Kier molecular flexibility index (Phi) is 4.30. The number of aliphatic hydroxyl groups excluding tert-OH is 3. The fraction of sp³-hybridized carbons (Fsp3) is 0.421. The van der Waals surface area contributed by atoms with E-state index in [1.54, 1.807) is 6.33 Å². The lowest BCUT2D eigenvalue weighted by Crippen LogP contribution is -2.35. The van der Waals surface area contributed by atoms with Gasteiger partial charge in [-0.3, -0.25) is 0 Å². The zero-order chi connectivity index (χ0) is 19.5. The molecule has 0 amide bonds. The normalized spacial score (nSPS) is 31.1. The largest absolute Gasteiger partial charge is 0.396 e. The van der Waals surface area contributed by atoms with Crippen LogP contribution >= 0.6 is 22.6 Å². The molecule has 1 aromatic carbocycles. The maximum absolute atomic E-state index is 10.6. The van der Waals surface area contributed by atoms with E-state index < -0.39 is 17.6 Å². The lowest BCUT2D eigenvalue weighted by molar-refractivity contribution is -0.0300. The molecule has 0 spiro atoms. The number of aliphatic hydroxyl groups is 3. The molecule has 146 valence electrons. The Morgan fingerprint density at radius 2 is 2.11 bits per heavy atom. The predicted molar refractivity (Wildman–Crippen MR) is 110 cm³/mol. The van der Waals surface area contributed by atoms with Gasteiger partial charge < -0.3 is 25.2 Å². The van der Waals surface area contributed by atoms with Crippen molar-refractivity contribution >= 4 is 39.6 Å². The molecular formula is C19H20IN5O3. The summed E-state index contributed by atoms with van der Waals surface area (Å²) in [7, 11) is 0. The van der Waals surface area contributed by atoms with Gasteiger partial charge in [-0.05, 0) is 52.6 Å². The highest BCUT2D eigenvalue weighted by Gasteiger charge is 2.71. The van der Waals surface area contributed by atoms with Crippen LogP contribution in [-0.4, -0.2) is 53.7 Å². The molecule has 0 bridgehead atoms. The van der Waals surface area contributed by atoms with Crippen LogP contribution in [0, 0.1) is 14.9 Å². The Bertz CT molecular complexity index is 1040. The van der Waals surface area contributed by atoms with Crippen LogP contribution in [0.4, 0.5) is 5.82 Å². The summed E-state index contributed by atoms with van der Waals surface area (Å²) in [4.78, 5) is 13.2. The number of halogens is 1. The monoisotopic (exact) mass is 493 g/mol. The molecule has 8 nitrogen and oxygen atoms in total. The van der Waals surface area contributed by atoms with E-state index in [2.05, 4.69) is 48.9 Å². The fourth-order valence-corrected chi connectivity index (χ4v) is 5.19. The number of hydrogen-bond donors (Lipinski definition) is 4. The second-order valence-corrected chi connectivity index (χ2v) is 8.90. The van der Waals surface area contributed by atoms with Gasteiger partial charge in [-0.15, -0.1) is 0 Å². The highest BCUT2D eigenvalue weighted by atomic mass is 127. The van der Waals surface area contributed by atoms with Crippen molar-refractivity contribution in [3.8, 4) is 0 Å². The lowest BCUT2D eigenvalue weighted by atomic mass is 10.0. The van der Waals surface area contributed by atoms with E-state index in [4.69, 9.17) is 0 Å². The zero-order valence-corrected chi connectivity index (χ0v) is 17.1. The molecule has 2 aliphatic carbocycles. The summed E-state index contributed by atoms with van der Waals surface area (Å²) in [6.07, 6.45) is 1.91. The van der Waals surface area contributed by atoms with Crippen LogP contribution in [0.25, 0.3) is 11.2 Å². The predicted octanol–water partition coefficient (Wildman–Crippen LogP) is 1.32. The van der Waals surface area contributed by atoms with Gasteiger partial charge in [0, 0.05) is 15.5 Å². The van der Waals surface area contributed by atoms with Gasteiger partial charge in [0.15, 0.2) is 11.5 Å². The lowest BCUT2D eigenvalue weighted by Gasteiger charge is -2.23. The van der Waals surface area contributed by atoms with E-state index in [9.17, 15) is 15.3 Å². The third-order valence-corrected chi connectivity index (χ3v) is 6.85. The Balaban J connectivity index is 1.45. The molecule has 2 aromatic heterocycles. The topological polar surface area (TPSA) is 116 Å². The average molecular weight is 493 g/mol. The summed E-state index contributed by atoms with van der Waals surface area (Å²) >= 11 is 2.28. The molecule has 3 aromatic rings. The van der Waals surface area contributed by atoms with Crippen LogP contribution in [-0.2, 0) is 6.54 Å². The fourth-order valence-electron chi connectivity index (χ4n) is 4.58. The van der Waals surface area contributed by atoms with Crippen LogP contribution in [0.15, 0.2) is 36.9 Å². The van der Waals surface area contributed by atoms with Gasteiger partial charge in [-0.25, -0.2) is 15.0 Å². The quantitative estimate of drug-likeness (QED) is 0.397. The number of imidazole rings is 1. The molecule has 28 heavy (non-hydrogen) atoms. The second-order valence-electron chi connectivity index (χ2n) is 7.66. The Morgan fingerprint density at radius 3 is 2.86 bits per heavy atom. The molecule has 5 unspecified atom stereocenters. The van der Waals surface area contributed by atoms with E-state index in [0.717, 1.165) is 5.56 Å². The van der Waals surface area contributed by atoms with Gasteiger partial charge in [0.05, 0.1) is 25.1 Å². The Labute approximate surface area is 174 Å². The Morgan fingerprint density at radius 1 is 1.25 bits per heavy atom. The summed E-state index contributed by atoms with van der Waals surface area (Å²) < 4.78 is 2.98. The van der Waals surface area contributed by atoms with Gasteiger partial charge in [0.25, 0.3) is 0 Å². The number of rotatable bonds is 5. The van der Waals surface area contributed by atoms with Crippen molar-refractivity contribution in [2.24, 2.45) is 11.3 Å².